The Bertz CT molecular complexity index is 541. The minimum atomic E-state index is -0.261. The molecule has 1 spiro atoms. The van der Waals surface area contributed by atoms with E-state index < -0.39 is 0 Å². The van der Waals surface area contributed by atoms with Crippen LogP contribution in [0.1, 0.15) is 24.8 Å². The lowest BCUT2D eigenvalue weighted by molar-refractivity contribution is -0.119. The molecule has 120 valence electrons. The van der Waals surface area contributed by atoms with Crippen molar-refractivity contribution in [1.29, 1.82) is 0 Å². The van der Waals surface area contributed by atoms with Gasteiger partial charge in [0.1, 0.15) is 5.82 Å². The molecular formula is C17H23FN2O2. The third-order valence-corrected chi connectivity index (χ3v) is 4.93. The third-order valence-electron chi connectivity index (χ3n) is 4.93. The average Bonchev–Trinajstić information content (AvgIpc) is 2.84. The number of carbonyl (C=O) groups is 1. The zero-order chi connectivity index (χ0) is 15.6. The Morgan fingerprint density at radius 2 is 2.18 bits per heavy atom. The normalized spacial score (nSPS) is 24.7. The summed E-state index contributed by atoms with van der Waals surface area (Å²) in [5.41, 5.74) is 6.47. The number of likely N-dealkylation sites (tertiary alicyclic amines) is 1. The fourth-order valence-electron chi connectivity index (χ4n) is 3.71. The molecular weight excluding hydrogens is 283 g/mol. The van der Waals surface area contributed by atoms with Crippen molar-refractivity contribution in [1.82, 2.24) is 4.90 Å². The van der Waals surface area contributed by atoms with Gasteiger partial charge in [-0.05, 0) is 61.9 Å². The maximum atomic E-state index is 13.3. The Hall–Kier alpha value is -1.46. The number of hydrogen-bond donors (Lipinski definition) is 1. The molecule has 2 aliphatic rings. The summed E-state index contributed by atoms with van der Waals surface area (Å²) in [7, 11) is 0. The highest BCUT2D eigenvalue weighted by atomic mass is 19.1. The summed E-state index contributed by atoms with van der Waals surface area (Å²) in [4.78, 5) is 13.1. The van der Waals surface area contributed by atoms with Crippen LogP contribution in [0.2, 0.25) is 0 Å². The van der Waals surface area contributed by atoms with Crippen LogP contribution < -0.4 is 5.73 Å². The van der Waals surface area contributed by atoms with E-state index in [1.807, 2.05) is 6.07 Å². The number of ether oxygens (including phenoxy) is 1. The van der Waals surface area contributed by atoms with E-state index in [0.29, 0.717) is 6.54 Å². The van der Waals surface area contributed by atoms with Crippen molar-refractivity contribution < 1.29 is 13.9 Å². The molecule has 22 heavy (non-hydrogen) atoms. The molecule has 2 aliphatic heterocycles. The van der Waals surface area contributed by atoms with Crippen LogP contribution in [0.3, 0.4) is 0 Å². The minimum Gasteiger partial charge on any atom is -0.377 e. The fraction of sp³-hybridized carbons (Fsp3) is 0.588. The number of carbonyl (C=O) groups excluding carboxylic acids is 1. The Morgan fingerprint density at radius 1 is 1.41 bits per heavy atom. The lowest BCUT2D eigenvalue weighted by Crippen LogP contribution is -2.44. The molecule has 0 bridgehead atoms. The molecule has 0 aliphatic carbocycles. The molecule has 0 radical (unpaired) electrons. The summed E-state index contributed by atoms with van der Waals surface area (Å²) in [6.07, 6.45) is 4.04. The molecule has 4 nitrogen and oxygen atoms in total. The zero-order valence-corrected chi connectivity index (χ0v) is 12.8. The lowest BCUT2D eigenvalue weighted by Gasteiger charge is -2.37. The second kappa shape index (κ2) is 6.34. The SMILES string of the molecule is NC(=O)CN1CCC2(CC1)CO[C@H](Cc1cccc(F)c1)C2. The van der Waals surface area contributed by atoms with Gasteiger partial charge in [-0.3, -0.25) is 9.69 Å². The Balaban J connectivity index is 1.53. The van der Waals surface area contributed by atoms with Crippen molar-refractivity contribution in [2.75, 3.05) is 26.2 Å². The van der Waals surface area contributed by atoms with Gasteiger partial charge >= 0.3 is 0 Å². The van der Waals surface area contributed by atoms with E-state index in [2.05, 4.69) is 4.90 Å². The van der Waals surface area contributed by atoms with Gasteiger partial charge in [-0.2, -0.15) is 0 Å². The van der Waals surface area contributed by atoms with Crippen LogP contribution in [0, 0.1) is 11.2 Å². The molecule has 0 aromatic heterocycles. The van der Waals surface area contributed by atoms with Crippen LogP contribution in [0.4, 0.5) is 4.39 Å². The maximum absolute atomic E-state index is 13.3. The van der Waals surface area contributed by atoms with Crippen molar-refractivity contribution in [3.63, 3.8) is 0 Å². The molecule has 1 atom stereocenters. The van der Waals surface area contributed by atoms with Crippen LogP contribution in [0.5, 0.6) is 0 Å². The highest BCUT2D eigenvalue weighted by molar-refractivity contribution is 5.75. The predicted octanol–water partition coefficient (Wildman–Crippen LogP) is 1.72. The highest BCUT2D eigenvalue weighted by Crippen LogP contribution is 2.42. The monoisotopic (exact) mass is 306 g/mol. The van der Waals surface area contributed by atoms with E-state index in [-0.39, 0.29) is 23.2 Å². The first-order valence-corrected chi connectivity index (χ1v) is 7.91. The van der Waals surface area contributed by atoms with E-state index in [9.17, 15) is 9.18 Å². The summed E-state index contributed by atoms with van der Waals surface area (Å²) in [6, 6.07) is 6.75. The molecule has 1 amide bonds. The Labute approximate surface area is 130 Å². The first-order chi connectivity index (χ1) is 10.5. The summed E-state index contributed by atoms with van der Waals surface area (Å²) in [5, 5.41) is 0. The number of hydrogen-bond acceptors (Lipinski definition) is 3. The van der Waals surface area contributed by atoms with Crippen LogP contribution in [0.15, 0.2) is 24.3 Å². The van der Waals surface area contributed by atoms with Gasteiger partial charge in [-0.15, -0.1) is 0 Å². The van der Waals surface area contributed by atoms with Gasteiger partial charge in [0.15, 0.2) is 0 Å². The lowest BCUT2D eigenvalue weighted by atomic mass is 9.76. The van der Waals surface area contributed by atoms with Crippen molar-refractivity contribution >= 4 is 5.91 Å². The highest BCUT2D eigenvalue weighted by Gasteiger charge is 2.42. The maximum Gasteiger partial charge on any atom is 0.231 e. The summed E-state index contributed by atoms with van der Waals surface area (Å²) in [6.45, 7) is 2.93. The molecule has 2 fully saturated rings. The molecule has 2 saturated heterocycles. The fourth-order valence-corrected chi connectivity index (χ4v) is 3.71. The number of piperidine rings is 1. The molecule has 2 N–H and O–H groups in total. The molecule has 0 saturated carbocycles. The van der Waals surface area contributed by atoms with Crippen molar-refractivity contribution in [2.45, 2.75) is 31.8 Å². The van der Waals surface area contributed by atoms with E-state index in [4.69, 9.17) is 10.5 Å². The number of nitrogens with zero attached hydrogens (tertiary/aromatic N) is 1. The number of rotatable bonds is 4. The predicted molar refractivity (Wildman–Crippen MR) is 81.8 cm³/mol. The van der Waals surface area contributed by atoms with Crippen LogP contribution in [-0.2, 0) is 16.0 Å². The van der Waals surface area contributed by atoms with Crippen LogP contribution in [-0.4, -0.2) is 43.2 Å². The van der Waals surface area contributed by atoms with E-state index in [1.54, 1.807) is 12.1 Å². The molecule has 1 aromatic carbocycles. The van der Waals surface area contributed by atoms with Crippen molar-refractivity contribution in [3.8, 4) is 0 Å². The first kappa shape index (κ1) is 15.4. The summed E-state index contributed by atoms with van der Waals surface area (Å²) in [5.74, 6) is -0.451. The van der Waals surface area contributed by atoms with Crippen LogP contribution in [0.25, 0.3) is 0 Å². The Morgan fingerprint density at radius 3 is 2.86 bits per heavy atom. The molecule has 3 rings (SSSR count). The van der Waals surface area contributed by atoms with Crippen molar-refractivity contribution in [2.24, 2.45) is 11.1 Å². The summed E-state index contributed by atoms with van der Waals surface area (Å²) < 4.78 is 19.2. The largest absolute Gasteiger partial charge is 0.377 e. The molecule has 5 heteroatoms. The molecule has 0 unspecified atom stereocenters. The quantitative estimate of drug-likeness (QED) is 0.921. The van der Waals surface area contributed by atoms with E-state index >= 15 is 0 Å². The van der Waals surface area contributed by atoms with Gasteiger partial charge in [0.05, 0.1) is 19.3 Å². The van der Waals surface area contributed by atoms with E-state index in [1.165, 1.54) is 6.07 Å². The van der Waals surface area contributed by atoms with E-state index in [0.717, 1.165) is 50.9 Å². The van der Waals surface area contributed by atoms with Crippen molar-refractivity contribution in [3.05, 3.63) is 35.6 Å². The molecule has 2 heterocycles. The molecule has 1 aromatic rings. The zero-order valence-electron chi connectivity index (χ0n) is 12.8. The number of primary amides is 1. The second-order valence-corrected chi connectivity index (χ2v) is 6.71. The number of benzene rings is 1. The Kier molecular flexibility index (Phi) is 4.45. The van der Waals surface area contributed by atoms with Crippen LogP contribution >= 0.6 is 0 Å². The topological polar surface area (TPSA) is 55.6 Å². The standard InChI is InChI=1S/C17H23FN2O2/c18-14-3-1-2-13(8-14)9-15-10-17(12-22-15)4-6-20(7-5-17)11-16(19)21/h1-3,8,15H,4-7,9-12H2,(H2,19,21)/t15-/m1/s1. The smallest absolute Gasteiger partial charge is 0.231 e. The average molecular weight is 306 g/mol. The minimum absolute atomic E-state index is 0.171. The number of amides is 1. The van der Waals surface area contributed by atoms with Gasteiger partial charge < -0.3 is 10.5 Å². The van der Waals surface area contributed by atoms with Gasteiger partial charge in [-0.25, -0.2) is 4.39 Å². The third kappa shape index (κ3) is 3.65. The number of halogens is 1. The number of nitrogens with two attached hydrogens (primary N) is 1. The van der Waals surface area contributed by atoms with Gasteiger partial charge in [-0.1, -0.05) is 12.1 Å². The van der Waals surface area contributed by atoms with Gasteiger partial charge in [0.2, 0.25) is 5.91 Å². The second-order valence-electron chi connectivity index (χ2n) is 6.71. The summed E-state index contributed by atoms with van der Waals surface area (Å²) >= 11 is 0. The first-order valence-electron chi connectivity index (χ1n) is 7.91. The van der Waals surface area contributed by atoms with Gasteiger partial charge in [0.25, 0.3) is 0 Å². The van der Waals surface area contributed by atoms with Gasteiger partial charge in [0, 0.05) is 0 Å².